The molecule has 2 N–H and O–H groups in total. The highest BCUT2D eigenvalue weighted by Gasteiger charge is 2.05. The van der Waals surface area contributed by atoms with Crippen molar-refractivity contribution in [2.75, 3.05) is 5.73 Å². The number of nitrogens with zero attached hydrogens (tertiary/aromatic N) is 3. The molecular weight excluding hydrogens is 232 g/mol. The Morgan fingerprint density at radius 2 is 2.00 bits per heavy atom. The van der Waals surface area contributed by atoms with E-state index in [0.717, 1.165) is 16.2 Å². The third-order valence-corrected chi connectivity index (χ3v) is 3.41. The second kappa shape index (κ2) is 4.10. The SMILES string of the molecule is Nc1cncc(Cc2nc3ccccc3s2)n1. The Bertz CT molecular complexity index is 629. The zero-order valence-electron chi connectivity index (χ0n) is 9.00. The Labute approximate surface area is 102 Å². The van der Waals surface area contributed by atoms with Gasteiger partial charge in [0, 0.05) is 12.6 Å². The summed E-state index contributed by atoms with van der Waals surface area (Å²) in [7, 11) is 0. The molecule has 2 aromatic heterocycles. The minimum Gasteiger partial charge on any atom is -0.382 e. The van der Waals surface area contributed by atoms with Gasteiger partial charge in [-0.2, -0.15) is 0 Å². The number of anilines is 1. The average molecular weight is 242 g/mol. The number of fused-ring (bicyclic) bond motifs is 1. The predicted molar refractivity (Wildman–Crippen MR) is 68.9 cm³/mol. The number of hydrogen-bond donors (Lipinski definition) is 1. The van der Waals surface area contributed by atoms with Crippen molar-refractivity contribution in [3.05, 3.63) is 47.4 Å². The van der Waals surface area contributed by atoms with Gasteiger partial charge in [-0.3, -0.25) is 4.98 Å². The molecule has 0 atom stereocenters. The highest BCUT2D eigenvalue weighted by atomic mass is 32.1. The molecule has 0 fully saturated rings. The molecule has 0 saturated heterocycles. The maximum absolute atomic E-state index is 5.60. The van der Waals surface area contributed by atoms with Gasteiger partial charge in [-0.15, -0.1) is 11.3 Å². The number of thiazole rings is 1. The van der Waals surface area contributed by atoms with Gasteiger partial charge in [0.1, 0.15) is 5.82 Å². The van der Waals surface area contributed by atoms with Gasteiger partial charge < -0.3 is 5.73 Å². The smallest absolute Gasteiger partial charge is 0.142 e. The van der Waals surface area contributed by atoms with Crippen molar-refractivity contribution in [2.45, 2.75) is 6.42 Å². The predicted octanol–water partition coefficient (Wildman–Crippen LogP) is 2.26. The van der Waals surface area contributed by atoms with Crippen LogP contribution in [0.4, 0.5) is 5.82 Å². The van der Waals surface area contributed by atoms with E-state index < -0.39 is 0 Å². The summed E-state index contributed by atoms with van der Waals surface area (Å²) in [6.07, 6.45) is 3.95. The number of benzene rings is 1. The third-order valence-electron chi connectivity index (χ3n) is 2.37. The molecule has 0 aliphatic rings. The summed E-state index contributed by atoms with van der Waals surface area (Å²) in [5, 5.41) is 1.03. The molecule has 0 spiro atoms. The molecule has 0 radical (unpaired) electrons. The summed E-state index contributed by atoms with van der Waals surface area (Å²) in [4.78, 5) is 12.8. The van der Waals surface area contributed by atoms with Gasteiger partial charge in [0.25, 0.3) is 0 Å². The van der Waals surface area contributed by atoms with Crippen molar-refractivity contribution in [2.24, 2.45) is 0 Å². The standard InChI is InChI=1S/C12H10N4S/c13-11-7-14-6-8(15-11)5-12-16-9-3-1-2-4-10(9)17-12/h1-4,6-7H,5H2,(H2,13,15). The van der Waals surface area contributed by atoms with Crippen LogP contribution in [0.15, 0.2) is 36.7 Å². The number of hydrogen-bond acceptors (Lipinski definition) is 5. The maximum atomic E-state index is 5.60. The highest BCUT2D eigenvalue weighted by Crippen LogP contribution is 2.23. The van der Waals surface area contributed by atoms with E-state index >= 15 is 0 Å². The number of para-hydroxylation sites is 1. The minimum atomic E-state index is 0.448. The fraction of sp³-hybridized carbons (Fsp3) is 0.0833. The first-order valence-corrected chi connectivity index (χ1v) is 6.04. The Kier molecular flexibility index (Phi) is 2.45. The molecule has 0 bridgehead atoms. The quantitative estimate of drug-likeness (QED) is 0.748. The van der Waals surface area contributed by atoms with E-state index in [9.17, 15) is 0 Å². The van der Waals surface area contributed by atoms with Gasteiger partial charge in [-0.25, -0.2) is 9.97 Å². The zero-order valence-corrected chi connectivity index (χ0v) is 9.81. The van der Waals surface area contributed by atoms with Crippen LogP contribution in [-0.2, 0) is 6.42 Å². The third kappa shape index (κ3) is 2.09. The Morgan fingerprint density at radius 1 is 1.12 bits per heavy atom. The molecule has 5 heteroatoms. The molecule has 17 heavy (non-hydrogen) atoms. The van der Waals surface area contributed by atoms with Gasteiger partial charge in [0.05, 0.1) is 27.1 Å². The largest absolute Gasteiger partial charge is 0.382 e. The van der Waals surface area contributed by atoms with Gasteiger partial charge >= 0.3 is 0 Å². The molecule has 0 aliphatic carbocycles. The number of nitrogens with two attached hydrogens (primary N) is 1. The van der Waals surface area contributed by atoms with Crippen LogP contribution < -0.4 is 5.73 Å². The maximum Gasteiger partial charge on any atom is 0.142 e. The van der Waals surface area contributed by atoms with Crippen molar-refractivity contribution < 1.29 is 0 Å². The Hall–Kier alpha value is -2.01. The van der Waals surface area contributed by atoms with Crippen LogP contribution in [-0.4, -0.2) is 15.0 Å². The molecule has 0 aliphatic heterocycles. The van der Waals surface area contributed by atoms with Crippen molar-refractivity contribution in [3.8, 4) is 0 Å². The molecular formula is C12H10N4S. The first kappa shape index (κ1) is 10.2. The summed E-state index contributed by atoms with van der Waals surface area (Å²) in [6.45, 7) is 0. The summed E-state index contributed by atoms with van der Waals surface area (Å²) in [5.74, 6) is 0.448. The summed E-state index contributed by atoms with van der Waals surface area (Å²) >= 11 is 1.68. The van der Waals surface area contributed by atoms with Crippen molar-refractivity contribution in [1.29, 1.82) is 0 Å². The Balaban J connectivity index is 1.94. The van der Waals surface area contributed by atoms with E-state index in [2.05, 4.69) is 21.0 Å². The molecule has 1 aromatic carbocycles. The van der Waals surface area contributed by atoms with E-state index in [-0.39, 0.29) is 0 Å². The van der Waals surface area contributed by atoms with Crippen LogP contribution in [0.3, 0.4) is 0 Å². The van der Waals surface area contributed by atoms with Crippen LogP contribution >= 0.6 is 11.3 Å². The fourth-order valence-corrected chi connectivity index (χ4v) is 2.64. The number of rotatable bonds is 2. The van der Waals surface area contributed by atoms with Gasteiger partial charge in [0.15, 0.2) is 0 Å². The lowest BCUT2D eigenvalue weighted by atomic mass is 10.3. The first-order valence-electron chi connectivity index (χ1n) is 5.22. The fourth-order valence-electron chi connectivity index (χ4n) is 1.66. The molecule has 3 aromatic rings. The molecule has 0 amide bonds. The summed E-state index contributed by atoms with van der Waals surface area (Å²) in [5.41, 5.74) is 7.48. The molecule has 2 heterocycles. The molecule has 0 saturated carbocycles. The molecule has 3 rings (SSSR count). The van der Waals surface area contributed by atoms with E-state index in [1.807, 2.05) is 18.2 Å². The van der Waals surface area contributed by atoms with E-state index in [4.69, 9.17) is 5.73 Å². The lowest BCUT2D eigenvalue weighted by Crippen LogP contribution is -1.97. The minimum absolute atomic E-state index is 0.448. The second-order valence-corrected chi connectivity index (χ2v) is 4.80. The number of nitrogen functional groups attached to an aromatic ring is 1. The second-order valence-electron chi connectivity index (χ2n) is 3.69. The van der Waals surface area contributed by atoms with E-state index in [1.54, 1.807) is 23.7 Å². The first-order chi connectivity index (χ1) is 8.31. The zero-order chi connectivity index (χ0) is 11.7. The van der Waals surface area contributed by atoms with Gasteiger partial charge in [0.2, 0.25) is 0 Å². The average Bonchev–Trinajstić information content (AvgIpc) is 2.71. The van der Waals surface area contributed by atoms with E-state index in [1.165, 1.54) is 4.70 Å². The lowest BCUT2D eigenvalue weighted by Gasteiger charge is -1.97. The van der Waals surface area contributed by atoms with Crippen LogP contribution in [0, 0.1) is 0 Å². The summed E-state index contributed by atoms with van der Waals surface area (Å²) in [6, 6.07) is 8.10. The highest BCUT2D eigenvalue weighted by molar-refractivity contribution is 7.18. The normalized spacial score (nSPS) is 10.8. The van der Waals surface area contributed by atoms with Crippen LogP contribution in [0.25, 0.3) is 10.2 Å². The van der Waals surface area contributed by atoms with E-state index in [0.29, 0.717) is 12.2 Å². The molecule has 4 nitrogen and oxygen atoms in total. The monoisotopic (exact) mass is 242 g/mol. The lowest BCUT2D eigenvalue weighted by molar-refractivity contribution is 1.03. The van der Waals surface area contributed by atoms with Gasteiger partial charge in [-0.1, -0.05) is 12.1 Å². The molecule has 0 unspecified atom stereocenters. The van der Waals surface area contributed by atoms with Crippen LogP contribution in [0.5, 0.6) is 0 Å². The van der Waals surface area contributed by atoms with Crippen LogP contribution in [0.2, 0.25) is 0 Å². The van der Waals surface area contributed by atoms with Crippen molar-refractivity contribution >= 4 is 27.4 Å². The number of aromatic nitrogens is 3. The van der Waals surface area contributed by atoms with Crippen molar-refractivity contribution in [3.63, 3.8) is 0 Å². The topological polar surface area (TPSA) is 64.7 Å². The summed E-state index contributed by atoms with van der Waals surface area (Å²) < 4.78 is 1.19. The van der Waals surface area contributed by atoms with Crippen molar-refractivity contribution in [1.82, 2.24) is 15.0 Å². The molecule has 84 valence electrons. The Morgan fingerprint density at radius 3 is 2.82 bits per heavy atom. The van der Waals surface area contributed by atoms with Gasteiger partial charge in [-0.05, 0) is 12.1 Å². The van der Waals surface area contributed by atoms with Crippen LogP contribution in [0.1, 0.15) is 10.7 Å².